The van der Waals surface area contributed by atoms with Gasteiger partial charge < -0.3 is 10.2 Å². The van der Waals surface area contributed by atoms with E-state index in [1.807, 2.05) is 6.07 Å². The normalized spacial score (nSPS) is 18.2. The van der Waals surface area contributed by atoms with Crippen molar-refractivity contribution in [1.29, 1.82) is 0 Å². The summed E-state index contributed by atoms with van der Waals surface area (Å²) in [4.78, 5) is 6.49. The number of hydrogen-bond donors (Lipinski definition) is 1. The molecule has 0 spiro atoms. The maximum absolute atomic E-state index is 6.05. The van der Waals surface area contributed by atoms with E-state index in [9.17, 15) is 0 Å². The van der Waals surface area contributed by atoms with Gasteiger partial charge in [0.1, 0.15) is 0 Å². The molecule has 0 radical (unpaired) electrons. The summed E-state index contributed by atoms with van der Waals surface area (Å²) >= 11 is 6.05. The van der Waals surface area contributed by atoms with E-state index in [1.54, 1.807) is 12.4 Å². The van der Waals surface area contributed by atoms with Crippen molar-refractivity contribution in [2.75, 3.05) is 31.5 Å². The highest BCUT2D eigenvalue weighted by atomic mass is 35.5. The van der Waals surface area contributed by atoms with Gasteiger partial charge in [-0.3, -0.25) is 4.98 Å². The Labute approximate surface area is 108 Å². The van der Waals surface area contributed by atoms with Crippen molar-refractivity contribution >= 4 is 17.3 Å². The Morgan fingerprint density at radius 2 is 2.24 bits per heavy atom. The van der Waals surface area contributed by atoms with Gasteiger partial charge in [0.25, 0.3) is 0 Å². The summed E-state index contributed by atoms with van der Waals surface area (Å²) in [6.45, 7) is 6.88. The molecular formula is C13H20ClN3. The molecular weight excluding hydrogens is 234 g/mol. The molecule has 0 aliphatic carbocycles. The highest BCUT2D eigenvalue weighted by molar-refractivity contribution is 6.33. The molecule has 1 aliphatic rings. The van der Waals surface area contributed by atoms with E-state index in [0.29, 0.717) is 5.02 Å². The van der Waals surface area contributed by atoms with E-state index < -0.39 is 0 Å². The summed E-state index contributed by atoms with van der Waals surface area (Å²) in [5, 5.41) is 4.13. The second-order valence-electron chi connectivity index (χ2n) is 4.61. The molecule has 1 saturated heterocycles. The second kappa shape index (κ2) is 6.22. The number of halogens is 1. The van der Waals surface area contributed by atoms with Crippen LogP contribution in [0.4, 0.5) is 5.69 Å². The van der Waals surface area contributed by atoms with Crippen LogP contribution in [0, 0.1) is 5.92 Å². The largest absolute Gasteiger partial charge is 0.383 e. The molecule has 1 fully saturated rings. The lowest BCUT2D eigenvalue weighted by Crippen LogP contribution is -2.35. The first-order chi connectivity index (χ1) is 8.29. The van der Waals surface area contributed by atoms with E-state index in [0.717, 1.165) is 18.2 Å². The Balaban J connectivity index is 1.78. The van der Waals surface area contributed by atoms with Gasteiger partial charge in [0.2, 0.25) is 0 Å². The fourth-order valence-electron chi connectivity index (χ4n) is 2.28. The minimum Gasteiger partial charge on any atom is -0.383 e. The van der Waals surface area contributed by atoms with Gasteiger partial charge in [-0.2, -0.15) is 0 Å². The number of nitrogens with one attached hydrogen (secondary N) is 1. The fraction of sp³-hybridized carbons (Fsp3) is 0.615. The number of hydrogen-bond acceptors (Lipinski definition) is 3. The van der Waals surface area contributed by atoms with Crippen LogP contribution in [-0.2, 0) is 0 Å². The first kappa shape index (κ1) is 12.7. The number of pyridine rings is 1. The van der Waals surface area contributed by atoms with E-state index in [2.05, 4.69) is 22.1 Å². The molecule has 0 amide bonds. The van der Waals surface area contributed by atoms with E-state index in [4.69, 9.17) is 11.6 Å². The van der Waals surface area contributed by atoms with E-state index in [1.165, 1.54) is 32.5 Å². The van der Waals surface area contributed by atoms with Crippen molar-refractivity contribution in [3.05, 3.63) is 23.5 Å². The topological polar surface area (TPSA) is 28.2 Å². The van der Waals surface area contributed by atoms with Crippen LogP contribution in [-0.4, -0.2) is 36.1 Å². The monoisotopic (exact) mass is 253 g/mol. The molecule has 1 aliphatic heterocycles. The molecule has 3 nitrogen and oxygen atoms in total. The lowest BCUT2D eigenvalue weighted by Gasteiger charge is -2.31. The number of rotatable bonds is 4. The van der Waals surface area contributed by atoms with Gasteiger partial charge in [0.05, 0.1) is 10.7 Å². The third-order valence-corrected chi connectivity index (χ3v) is 3.81. The first-order valence-electron chi connectivity index (χ1n) is 6.35. The van der Waals surface area contributed by atoms with Crippen molar-refractivity contribution in [1.82, 2.24) is 9.88 Å². The van der Waals surface area contributed by atoms with Crippen LogP contribution in [0.5, 0.6) is 0 Å². The Morgan fingerprint density at radius 1 is 1.47 bits per heavy atom. The molecule has 0 unspecified atom stereocenters. The molecule has 0 atom stereocenters. The first-order valence-corrected chi connectivity index (χ1v) is 6.73. The zero-order valence-electron chi connectivity index (χ0n) is 10.3. The third-order valence-electron chi connectivity index (χ3n) is 3.51. The molecule has 94 valence electrons. The predicted molar refractivity (Wildman–Crippen MR) is 72.6 cm³/mol. The average Bonchev–Trinajstić information content (AvgIpc) is 2.38. The van der Waals surface area contributed by atoms with Crippen LogP contribution < -0.4 is 5.32 Å². The zero-order chi connectivity index (χ0) is 12.1. The summed E-state index contributed by atoms with van der Waals surface area (Å²) in [7, 11) is 0. The summed E-state index contributed by atoms with van der Waals surface area (Å²) in [6.07, 6.45) is 6.02. The fourth-order valence-corrected chi connectivity index (χ4v) is 2.47. The lowest BCUT2D eigenvalue weighted by molar-refractivity contribution is 0.198. The highest BCUT2D eigenvalue weighted by Crippen LogP contribution is 2.22. The summed E-state index contributed by atoms with van der Waals surface area (Å²) in [5.74, 6) is 0.766. The number of piperidine rings is 1. The van der Waals surface area contributed by atoms with E-state index >= 15 is 0 Å². The summed E-state index contributed by atoms with van der Waals surface area (Å²) in [5.41, 5.74) is 1.000. The molecule has 0 bridgehead atoms. The van der Waals surface area contributed by atoms with Gasteiger partial charge in [-0.1, -0.05) is 18.5 Å². The van der Waals surface area contributed by atoms with Crippen molar-refractivity contribution < 1.29 is 0 Å². The van der Waals surface area contributed by atoms with Crippen LogP contribution in [0.2, 0.25) is 5.02 Å². The molecule has 2 heterocycles. The van der Waals surface area contributed by atoms with Crippen LogP contribution in [0.25, 0.3) is 0 Å². The van der Waals surface area contributed by atoms with Crippen LogP contribution in [0.15, 0.2) is 18.5 Å². The molecule has 0 aromatic carbocycles. The molecule has 1 aromatic heterocycles. The minimum atomic E-state index is 0.707. The van der Waals surface area contributed by atoms with Crippen molar-refractivity contribution in [2.45, 2.75) is 19.8 Å². The number of nitrogens with zero attached hydrogens (tertiary/aromatic N) is 2. The van der Waals surface area contributed by atoms with Gasteiger partial charge in [0.15, 0.2) is 0 Å². The second-order valence-corrected chi connectivity index (χ2v) is 5.02. The average molecular weight is 254 g/mol. The smallest absolute Gasteiger partial charge is 0.0820 e. The standard InChI is InChI=1S/C13H20ClN3/c1-2-17-7-4-11(5-8-17)9-16-13-3-6-15-10-12(13)14/h3,6,10-11H,2,4-5,7-9H2,1H3,(H,15,16). The Kier molecular flexibility index (Phi) is 4.63. The molecule has 0 saturated carbocycles. The summed E-state index contributed by atoms with van der Waals surface area (Å²) in [6, 6.07) is 1.93. The minimum absolute atomic E-state index is 0.707. The van der Waals surface area contributed by atoms with Crippen LogP contribution >= 0.6 is 11.6 Å². The highest BCUT2D eigenvalue weighted by Gasteiger charge is 2.17. The third kappa shape index (κ3) is 3.58. The molecule has 1 N–H and O–H groups in total. The number of likely N-dealkylation sites (tertiary alicyclic amines) is 1. The maximum Gasteiger partial charge on any atom is 0.0820 e. The van der Waals surface area contributed by atoms with Crippen LogP contribution in [0.1, 0.15) is 19.8 Å². The molecule has 2 rings (SSSR count). The van der Waals surface area contributed by atoms with Gasteiger partial charge in [-0.25, -0.2) is 0 Å². The van der Waals surface area contributed by atoms with Gasteiger partial charge in [-0.05, 0) is 44.5 Å². The maximum atomic E-state index is 6.05. The lowest BCUT2D eigenvalue weighted by atomic mass is 9.97. The van der Waals surface area contributed by atoms with Crippen molar-refractivity contribution in [3.63, 3.8) is 0 Å². The van der Waals surface area contributed by atoms with E-state index in [-0.39, 0.29) is 0 Å². The molecule has 1 aromatic rings. The van der Waals surface area contributed by atoms with Gasteiger partial charge >= 0.3 is 0 Å². The molecule has 4 heteroatoms. The zero-order valence-corrected chi connectivity index (χ0v) is 11.1. The van der Waals surface area contributed by atoms with Crippen LogP contribution in [0.3, 0.4) is 0 Å². The summed E-state index contributed by atoms with van der Waals surface area (Å²) < 4.78 is 0. The predicted octanol–water partition coefficient (Wildman–Crippen LogP) is 2.88. The number of aromatic nitrogens is 1. The quantitative estimate of drug-likeness (QED) is 0.895. The van der Waals surface area contributed by atoms with Gasteiger partial charge in [-0.15, -0.1) is 0 Å². The Hall–Kier alpha value is -0.800. The van der Waals surface area contributed by atoms with Crippen molar-refractivity contribution in [2.24, 2.45) is 5.92 Å². The van der Waals surface area contributed by atoms with Crippen molar-refractivity contribution in [3.8, 4) is 0 Å². The van der Waals surface area contributed by atoms with Gasteiger partial charge in [0, 0.05) is 18.9 Å². The molecule has 17 heavy (non-hydrogen) atoms. The Bertz CT molecular complexity index is 348. The SMILES string of the molecule is CCN1CCC(CNc2ccncc2Cl)CC1. The Morgan fingerprint density at radius 3 is 2.88 bits per heavy atom. The number of anilines is 1.